The molecule has 33 heavy (non-hydrogen) atoms. The van der Waals surface area contributed by atoms with Gasteiger partial charge in [0.25, 0.3) is 5.89 Å². The van der Waals surface area contributed by atoms with Gasteiger partial charge in [-0.3, -0.25) is 0 Å². The Bertz CT molecular complexity index is 1270. The summed E-state index contributed by atoms with van der Waals surface area (Å²) in [5, 5.41) is 22.6. The van der Waals surface area contributed by atoms with Crippen LogP contribution in [0.15, 0.2) is 47.0 Å². The molecule has 4 rings (SSSR count). The second kappa shape index (κ2) is 9.24. The zero-order chi connectivity index (χ0) is 23.5. The molecule has 9 nitrogen and oxygen atoms in total. The standard InChI is InChI=1S/C24H22N4O5/c1-13(2)31-20-8-6-14(10-15(20)11-25)23-27-22(28-33-23)18-5-3-4-17-16(18)7-9-21(17)32-24(30)19(26)12-29/h3-6,8-10,13,19,29H,7,12,26H2,1-2H3. The lowest BCUT2D eigenvalue weighted by Gasteiger charge is -2.11. The number of carbonyl (C=O) groups excluding carboxylic acids is 1. The maximum Gasteiger partial charge on any atom is 0.330 e. The van der Waals surface area contributed by atoms with Gasteiger partial charge in [-0.25, -0.2) is 4.79 Å². The predicted molar refractivity (Wildman–Crippen MR) is 118 cm³/mol. The summed E-state index contributed by atoms with van der Waals surface area (Å²) in [5.74, 6) is 0.800. The Hall–Kier alpha value is -4.00. The van der Waals surface area contributed by atoms with Crippen molar-refractivity contribution in [1.82, 2.24) is 10.1 Å². The van der Waals surface area contributed by atoms with Crippen molar-refractivity contribution in [1.29, 1.82) is 5.26 Å². The lowest BCUT2D eigenvalue weighted by molar-refractivity contribution is -0.139. The fourth-order valence-corrected chi connectivity index (χ4v) is 3.46. The van der Waals surface area contributed by atoms with Gasteiger partial charge in [-0.2, -0.15) is 10.2 Å². The van der Waals surface area contributed by atoms with E-state index in [0.29, 0.717) is 34.9 Å². The molecule has 1 aliphatic carbocycles. The van der Waals surface area contributed by atoms with Gasteiger partial charge in [0.05, 0.1) is 18.3 Å². The van der Waals surface area contributed by atoms with E-state index in [1.165, 1.54) is 0 Å². The van der Waals surface area contributed by atoms with Crippen molar-refractivity contribution in [2.24, 2.45) is 5.73 Å². The predicted octanol–water partition coefficient (Wildman–Crippen LogP) is 2.82. The molecule has 1 unspecified atom stereocenters. The molecule has 0 saturated heterocycles. The summed E-state index contributed by atoms with van der Waals surface area (Å²) in [5.41, 5.74) is 8.84. The number of nitrogens with zero attached hydrogens (tertiary/aromatic N) is 3. The molecule has 0 bridgehead atoms. The molecule has 0 spiro atoms. The second-order valence-electron chi connectivity index (χ2n) is 7.73. The molecule has 168 valence electrons. The first kappa shape index (κ1) is 22.2. The summed E-state index contributed by atoms with van der Waals surface area (Å²) in [6.45, 7) is 3.28. The van der Waals surface area contributed by atoms with Crippen molar-refractivity contribution in [2.75, 3.05) is 6.61 Å². The number of rotatable bonds is 7. The molecule has 0 saturated carbocycles. The van der Waals surface area contributed by atoms with Gasteiger partial charge in [0.2, 0.25) is 5.82 Å². The minimum Gasteiger partial charge on any atom is -0.490 e. The Morgan fingerprint density at radius 1 is 1.30 bits per heavy atom. The van der Waals surface area contributed by atoms with E-state index in [9.17, 15) is 10.1 Å². The third-order valence-electron chi connectivity index (χ3n) is 5.02. The molecule has 0 radical (unpaired) electrons. The average molecular weight is 446 g/mol. The summed E-state index contributed by atoms with van der Waals surface area (Å²) in [6.07, 6.45) is 2.21. The van der Waals surface area contributed by atoms with Gasteiger partial charge in [0.1, 0.15) is 23.6 Å². The van der Waals surface area contributed by atoms with Gasteiger partial charge >= 0.3 is 5.97 Å². The maximum absolute atomic E-state index is 12.0. The summed E-state index contributed by atoms with van der Waals surface area (Å²) in [7, 11) is 0. The Kier molecular flexibility index (Phi) is 6.22. The van der Waals surface area contributed by atoms with Crippen LogP contribution in [0.2, 0.25) is 0 Å². The number of esters is 1. The van der Waals surface area contributed by atoms with E-state index >= 15 is 0 Å². The highest BCUT2D eigenvalue weighted by atomic mass is 16.5. The van der Waals surface area contributed by atoms with E-state index in [-0.39, 0.29) is 12.0 Å². The van der Waals surface area contributed by atoms with Crippen LogP contribution in [0, 0.1) is 11.3 Å². The number of fused-ring (bicyclic) bond motifs is 1. The van der Waals surface area contributed by atoms with Crippen LogP contribution in [0.25, 0.3) is 28.6 Å². The molecule has 9 heteroatoms. The molecule has 3 N–H and O–H groups in total. The quantitative estimate of drug-likeness (QED) is 0.523. The Balaban J connectivity index is 1.61. The minimum atomic E-state index is -1.10. The largest absolute Gasteiger partial charge is 0.490 e. The summed E-state index contributed by atoms with van der Waals surface area (Å²) >= 11 is 0. The SMILES string of the molecule is CC(C)Oc1ccc(-c2nc(-c3cccc4c3CC=C4OC(=O)C(N)CO)no2)cc1C#N. The number of nitrogens with two attached hydrogens (primary N) is 1. The molecule has 1 atom stereocenters. The monoisotopic (exact) mass is 446 g/mol. The molecule has 1 heterocycles. The van der Waals surface area contributed by atoms with E-state index in [0.717, 1.165) is 16.7 Å². The van der Waals surface area contributed by atoms with Crippen molar-refractivity contribution in [3.63, 3.8) is 0 Å². The number of ether oxygens (including phenoxy) is 2. The van der Waals surface area contributed by atoms with Crippen molar-refractivity contribution < 1.29 is 23.9 Å². The summed E-state index contributed by atoms with van der Waals surface area (Å²) < 4.78 is 16.5. The molecule has 0 amide bonds. The van der Waals surface area contributed by atoms with E-state index < -0.39 is 18.6 Å². The highest BCUT2D eigenvalue weighted by Crippen LogP contribution is 2.36. The van der Waals surface area contributed by atoms with Crippen LogP contribution in [-0.4, -0.2) is 40.0 Å². The average Bonchev–Trinajstić information content (AvgIpc) is 3.46. The van der Waals surface area contributed by atoms with Crippen LogP contribution < -0.4 is 10.5 Å². The third kappa shape index (κ3) is 4.48. The van der Waals surface area contributed by atoms with Crippen LogP contribution in [-0.2, 0) is 16.0 Å². The summed E-state index contributed by atoms with van der Waals surface area (Å²) in [6, 6.07) is 11.6. The highest BCUT2D eigenvalue weighted by Gasteiger charge is 2.25. The van der Waals surface area contributed by atoms with Crippen LogP contribution in [0.5, 0.6) is 5.75 Å². The molecular formula is C24H22N4O5. The summed E-state index contributed by atoms with van der Waals surface area (Å²) in [4.78, 5) is 16.5. The van der Waals surface area contributed by atoms with Crippen LogP contribution in [0.3, 0.4) is 0 Å². The molecule has 1 aliphatic rings. The molecular weight excluding hydrogens is 424 g/mol. The smallest absolute Gasteiger partial charge is 0.330 e. The number of aliphatic hydroxyl groups is 1. The lowest BCUT2D eigenvalue weighted by atomic mass is 10.0. The van der Waals surface area contributed by atoms with E-state index in [1.54, 1.807) is 30.3 Å². The van der Waals surface area contributed by atoms with Crippen molar-refractivity contribution >= 4 is 11.7 Å². The first-order valence-corrected chi connectivity index (χ1v) is 10.4. The normalized spacial score (nSPS) is 13.3. The number of carbonyl (C=O) groups is 1. The zero-order valence-electron chi connectivity index (χ0n) is 18.1. The fraction of sp³-hybridized carbons (Fsp3) is 0.250. The molecule has 1 aromatic heterocycles. The first-order valence-electron chi connectivity index (χ1n) is 10.4. The molecule has 0 aliphatic heterocycles. The minimum absolute atomic E-state index is 0.0599. The van der Waals surface area contributed by atoms with E-state index in [1.807, 2.05) is 26.0 Å². The number of hydrogen-bond donors (Lipinski definition) is 2. The maximum atomic E-state index is 12.0. The topological polar surface area (TPSA) is 144 Å². The molecule has 3 aromatic rings. The van der Waals surface area contributed by atoms with Crippen LogP contribution >= 0.6 is 0 Å². The molecule has 2 aromatic carbocycles. The van der Waals surface area contributed by atoms with Gasteiger partial charge in [-0.05, 0) is 50.1 Å². The number of benzene rings is 2. The number of aliphatic hydroxyl groups excluding tert-OH is 1. The first-order chi connectivity index (χ1) is 15.9. The fourth-order valence-electron chi connectivity index (χ4n) is 3.46. The van der Waals surface area contributed by atoms with Gasteiger partial charge in [0, 0.05) is 16.7 Å². The van der Waals surface area contributed by atoms with Gasteiger partial charge in [-0.1, -0.05) is 23.4 Å². The Morgan fingerprint density at radius 2 is 2.09 bits per heavy atom. The van der Waals surface area contributed by atoms with Crippen molar-refractivity contribution in [2.45, 2.75) is 32.4 Å². The Labute approximate surface area is 190 Å². The molecule has 0 fully saturated rings. The number of allylic oxidation sites excluding steroid dienone is 1. The van der Waals surface area contributed by atoms with Crippen LogP contribution in [0.4, 0.5) is 0 Å². The van der Waals surface area contributed by atoms with E-state index in [4.69, 9.17) is 24.8 Å². The van der Waals surface area contributed by atoms with Gasteiger partial charge in [0.15, 0.2) is 0 Å². The van der Waals surface area contributed by atoms with Crippen molar-refractivity contribution in [3.05, 3.63) is 59.2 Å². The van der Waals surface area contributed by atoms with Crippen molar-refractivity contribution in [3.8, 4) is 34.7 Å². The van der Waals surface area contributed by atoms with E-state index in [2.05, 4.69) is 16.2 Å². The van der Waals surface area contributed by atoms with Gasteiger partial charge in [-0.15, -0.1) is 0 Å². The number of hydrogen-bond acceptors (Lipinski definition) is 9. The van der Waals surface area contributed by atoms with Gasteiger partial charge < -0.3 is 24.8 Å². The lowest BCUT2D eigenvalue weighted by Crippen LogP contribution is -2.35. The van der Waals surface area contributed by atoms with Crippen LogP contribution in [0.1, 0.15) is 30.5 Å². The second-order valence-corrected chi connectivity index (χ2v) is 7.73. The third-order valence-corrected chi connectivity index (χ3v) is 5.02. The Morgan fingerprint density at radius 3 is 2.82 bits per heavy atom. The highest BCUT2D eigenvalue weighted by molar-refractivity contribution is 5.86. The number of aromatic nitrogens is 2. The zero-order valence-corrected chi connectivity index (χ0v) is 18.1. The number of nitriles is 1.